The summed E-state index contributed by atoms with van der Waals surface area (Å²) in [5.41, 5.74) is 8.17. The van der Waals surface area contributed by atoms with Crippen LogP contribution in [0.4, 0.5) is 0 Å². The Bertz CT molecular complexity index is 2270. The SMILES string of the molecule is c1ccc2c(c1)Oc1ccc(-n3c4ccccc4c4cc5c(cc43)sc3ccccc35)cc1-c1ccccc1-2. The Morgan fingerprint density at radius 1 is 0.436 bits per heavy atom. The lowest BCUT2D eigenvalue weighted by atomic mass is 9.94. The van der Waals surface area contributed by atoms with Crippen molar-refractivity contribution >= 4 is 53.3 Å². The van der Waals surface area contributed by atoms with Gasteiger partial charge in [0.2, 0.25) is 0 Å². The molecule has 0 fully saturated rings. The van der Waals surface area contributed by atoms with E-state index in [1.165, 1.54) is 53.1 Å². The molecule has 0 atom stereocenters. The quantitative estimate of drug-likeness (QED) is 0.212. The van der Waals surface area contributed by atoms with E-state index in [0.29, 0.717) is 0 Å². The number of ether oxygens (including phenoxy) is 1. The molecular weight excluding hydrogens is 494 g/mol. The number of hydrogen-bond donors (Lipinski definition) is 0. The lowest BCUT2D eigenvalue weighted by molar-refractivity contribution is 0.487. The largest absolute Gasteiger partial charge is 0.456 e. The summed E-state index contributed by atoms with van der Waals surface area (Å²) < 4.78 is 11.6. The van der Waals surface area contributed by atoms with Crippen LogP contribution in [0.1, 0.15) is 0 Å². The zero-order valence-electron chi connectivity index (χ0n) is 20.9. The topological polar surface area (TPSA) is 14.2 Å². The van der Waals surface area contributed by atoms with Gasteiger partial charge < -0.3 is 9.30 Å². The Morgan fingerprint density at radius 2 is 1.13 bits per heavy atom. The number of aromatic nitrogens is 1. The lowest BCUT2D eigenvalue weighted by Crippen LogP contribution is -1.95. The summed E-state index contributed by atoms with van der Waals surface area (Å²) in [6.07, 6.45) is 0. The smallest absolute Gasteiger partial charge is 0.135 e. The summed E-state index contributed by atoms with van der Waals surface area (Å²) >= 11 is 1.87. The number of rotatable bonds is 1. The van der Waals surface area contributed by atoms with Crippen LogP contribution in [0.3, 0.4) is 0 Å². The van der Waals surface area contributed by atoms with Crippen molar-refractivity contribution in [2.24, 2.45) is 0 Å². The molecule has 1 aliphatic heterocycles. The Kier molecular flexibility index (Phi) is 4.24. The fraction of sp³-hybridized carbons (Fsp3) is 0. The van der Waals surface area contributed by atoms with Gasteiger partial charge in [0.1, 0.15) is 11.5 Å². The van der Waals surface area contributed by atoms with Gasteiger partial charge in [-0.3, -0.25) is 0 Å². The lowest BCUT2D eigenvalue weighted by Gasteiger charge is -2.14. The molecule has 6 aromatic carbocycles. The molecule has 0 spiro atoms. The number of fused-ring (bicyclic) bond motifs is 11. The molecular formula is C36H21NOS. The van der Waals surface area contributed by atoms with Crippen LogP contribution in [0, 0.1) is 0 Å². The zero-order chi connectivity index (χ0) is 25.5. The molecule has 0 aliphatic carbocycles. The second kappa shape index (κ2) is 7.83. The van der Waals surface area contributed by atoms with Gasteiger partial charge in [-0.2, -0.15) is 0 Å². The monoisotopic (exact) mass is 515 g/mol. The minimum absolute atomic E-state index is 0.879. The molecule has 0 N–H and O–H groups in total. The van der Waals surface area contributed by atoms with Crippen molar-refractivity contribution in [1.82, 2.24) is 4.57 Å². The zero-order valence-corrected chi connectivity index (χ0v) is 21.7. The second-order valence-corrected chi connectivity index (χ2v) is 11.2. The summed E-state index contributed by atoms with van der Waals surface area (Å²) in [5.74, 6) is 1.77. The normalized spacial score (nSPS) is 12.3. The van der Waals surface area contributed by atoms with E-state index >= 15 is 0 Å². The Balaban J connectivity index is 1.35. The molecule has 0 radical (unpaired) electrons. The van der Waals surface area contributed by atoms with Gasteiger partial charge in [-0.1, -0.05) is 78.9 Å². The molecule has 0 saturated heterocycles. The Hall–Kier alpha value is -4.86. The molecule has 2 aromatic heterocycles. The van der Waals surface area contributed by atoms with E-state index in [-0.39, 0.29) is 0 Å². The van der Waals surface area contributed by atoms with Crippen molar-refractivity contribution in [3.63, 3.8) is 0 Å². The van der Waals surface area contributed by atoms with Gasteiger partial charge in [0.25, 0.3) is 0 Å². The minimum atomic E-state index is 0.879. The summed E-state index contributed by atoms with van der Waals surface area (Å²) in [7, 11) is 0. The third kappa shape index (κ3) is 2.96. The van der Waals surface area contributed by atoms with Crippen molar-refractivity contribution in [1.29, 1.82) is 0 Å². The number of para-hydroxylation sites is 2. The van der Waals surface area contributed by atoms with Crippen LogP contribution >= 0.6 is 11.3 Å². The van der Waals surface area contributed by atoms with Crippen LogP contribution in [0.2, 0.25) is 0 Å². The summed E-state index contributed by atoms with van der Waals surface area (Å²) in [6, 6.07) is 45.8. The molecule has 3 heteroatoms. The van der Waals surface area contributed by atoms with Crippen molar-refractivity contribution < 1.29 is 4.74 Å². The first-order valence-corrected chi connectivity index (χ1v) is 14.0. The first kappa shape index (κ1) is 21.1. The molecule has 2 nitrogen and oxygen atoms in total. The molecule has 0 bridgehead atoms. The van der Waals surface area contributed by atoms with E-state index in [4.69, 9.17) is 4.74 Å². The standard InChI is InChI=1S/C36H21NOS/c1-2-10-24-23(9-1)26-12-4-7-15-33(26)38-34-18-17-22(19-29(24)34)37-31-14-6-3-11-25(31)28-20-30-27-13-5-8-16-35(27)39-36(30)21-32(28)37/h1-21H. The van der Waals surface area contributed by atoms with Crippen LogP contribution in [-0.2, 0) is 0 Å². The van der Waals surface area contributed by atoms with Crippen LogP contribution < -0.4 is 4.74 Å². The number of thiophene rings is 1. The maximum atomic E-state index is 6.52. The molecule has 182 valence electrons. The van der Waals surface area contributed by atoms with Crippen molar-refractivity contribution in [3.05, 3.63) is 127 Å². The van der Waals surface area contributed by atoms with E-state index < -0.39 is 0 Å². The van der Waals surface area contributed by atoms with Gasteiger partial charge in [0, 0.05) is 47.8 Å². The Labute approximate surface area is 228 Å². The third-order valence-corrected chi connectivity index (χ3v) is 9.14. The summed E-state index contributed by atoms with van der Waals surface area (Å²) in [4.78, 5) is 0. The number of benzene rings is 6. The van der Waals surface area contributed by atoms with Gasteiger partial charge in [0.15, 0.2) is 0 Å². The molecule has 0 amide bonds. The van der Waals surface area contributed by atoms with Crippen molar-refractivity contribution in [2.75, 3.05) is 0 Å². The fourth-order valence-corrected chi connectivity index (χ4v) is 7.39. The van der Waals surface area contributed by atoms with Crippen LogP contribution in [0.5, 0.6) is 11.5 Å². The first-order valence-electron chi connectivity index (χ1n) is 13.2. The molecule has 1 aliphatic rings. The average molecular weight is 516 g/mol. The highest BCUT2D eigenvalue weighted by molar-refractivity contribution is 7.25. The highest BCUT2D eigenvalue weighted by Crippen LogP contribution is 2.48. The molecule has 3 heterocycles. The first-order chi connectivity index (χ1) is 19.3. The molecule has 39 heavy (non-hydrogen) atoms. The Morgan fingerprint density at radius 3 is 2.03 bits per heavy atom. The maximum absolute atomic E-state index is 6.52. The van der Waals surface area contributed by atoms with Gasteiger partial charge in [0.05, 0.1) is 11.0 Å². The van der Waals surface area contributed by atoms with E-state index in [1.54, 1.807) is 0 Å². The molecule has 9 rings (SSSR count). The van der Waals surface area contributed by atoms with Crippen LogP contribution in [-0.4, -0.2) is 4.57 Å². The van der Waals surface area contributed by atoms with Crippen LogP contribution in [0.25, 0.3) is 69.9 Å². The number of hydrogen-bond acceptors (Lipinski definition) is 2. The van der Waals surface area contributed by atoms with Gasteiger partial charge in [-0.05, 0) is 59.7 Å². The van der Waals surface area contributed by atoms with E-state index in [2.05, 4.69) is 126 Å². The summed E-state index contributed by atoms with van der Waals surface area (Å²) in [5, 5.41) is 5.20. The predicted molar refractivity (Wildman–Crippen MR) is 165 cm³/mol. The van der Waals surface area contributed by atoms with E-state index in [9.17, 15) is 0 Å². The highest BCUT2D eigenvalue weighted by Gasteiger charge is 2.22. The number of nitrogens with zero attached hydrogens (tertiary/aromatic N) is 1. The molecule has 0 unspecified atom stereocenters. The summed E-state index contributed by atoms with van der Waals surface area (Å²) in [6.45, 7) is 0. The van der Waals surface area contributed by atoms with Crippen LogP contribution in [0.15, 0.2) is 127 Å². The minimum Gasteiger partial charge on any atom is -0.456 e. The van der Waals surface area contributed by atoms with Gasteiger partial charge >= 0.3 is 0 Å². The van der Waals surface area contributed by atoms with E-state index in [0.717, 1.165) is 28.3 Å². The molecule has 8 aromatic rings. The fourth-order valence-electron chi connectivity index (χ4n) is 6.27. The molecule has 0 saturated carbocycles. The van der Waals surface area contributed by atoms with E-state index in [1.807, 2.05) is 17.4 Å². The highest BCUT2D eigenvalue weighted by atomic mass is 32.1. The average Bonchev–Trinajstić information content (AvgIpc) is 3.46. The second-order valence-electron chi connectivity index (χ2n) is 10.1. The van der Waals surface area contributed by atoms with Gasteiger partial charge in [-0.15, -0.1) is 11.3 Å². The third-order valence-electron chi connectivity index (χ3n) is 8.01. The predicted octanol–water partition coefficient (Wildman–Crippen LogP) is 10.6. The van der Waals surface area contributed by atoms with Gasteiger partial charge in [-0.25, -0.2) is 0 Å². The van der Waals surface area contributed by atoms with Crippen molar-refractivity contribution in [3.8, 4) is 39.4 Å². The van der Waals surface area contributed by atoms with Crippen molar-refractivity contribution in [2.45, 2.75) is 0 Å². The maximum Gasteiger partial charge on any atom is 0.135 e.